The number of amides is 2. The lowest BCUT2D eigenvalue weighted by Crippen LogP contribution is -2.29. The molecule has 3 aromatic carbocycles. The Hall–Kier alpha value is -2.56. The summed E-state index contributed by atoms with van der Waals surface area (Å²) in [6.07, 6.45) is -4.82. The highest BCUT2D eigenvalue weighted by Gasteiger charge is 2.67. The van der Waals surface area contributed by atoms with Crippen molar-refractivity contribution in [1.82, 2.24) is 5.43 Å². The SMILES string of the molecule is O=C(NNc1ccc(OC(F)(F)F)cc1)c1cc(NC(=O)[C@H]2[C@H](c3cc(Cl)cc(Cl)c3)C2(Cl)Cl)ccc1Cl. The second-order valence-electron chi connectivity index (χ2n) is 8.17. The van der Waals surface area contributed by atoms with Gasteiger partial charge in [-0.2, -0.15) is 0 Å². The molecule has 6 nitrogen and oxygen atoms in total. The molecule has 0 radical (unpaired) electrons. The lowest BCUT2D eigenvalue weighted by molar-refractivity contribution is -0.274. The predicted octanol–water partition coefficient (Wildman–Crippen LogP) is 7.83. The maximum atomic E-state index is 13.0. The first-order valence-corrected chi connectivity index (χ1v) is 12.5. The highest BCUT2D eigenvalue weighted by molar-refractivity contribution is 6.53. The molecule has 4 rings (SSSR count). The van der Waals surface area contributed by atoms with Crippen molar-refractivity contribution in [1.29, 1.82) is 0 Å². The Morgan fingerprint density at radius 1 is 0.868 bits per heavy atom. The van der Waals surface area contributed by atoms with Crippen LogP contribution < -0.4 is 20.9 Å². The fourth-order valence-electron chi connectivity index (χ4n) is 3.76. The number of rotatable bonds is 7. The van der Waals surface area contributed by atoms with Crippen LogP contribution in [0.3, 0.4) is 0 Å². The minimum absolute atomic E-state index is 0.00553. The number of ether oxygens (including phenoxy) is 1. The Kier molecular flexibility index (Phi) is 8.16. The number of alkyl halides is 5. The van der Waals surface area contributed by atoms with Crippen molar-refractivity contribution >= 4 is 81.2 Å². The molecule has 1 aliphatic carbocycles. The zero-order valence-electron chi connectivity index (χ0n) is 18.7. The molecule has 0 unspecified atom stereocenters. The lowest BCUT2D eigenvalue weighted by atomic mass is 10.1. The maximum absolute atomic E-state index is 13.0. The molecule has 200 valence electrons. The number of hydrogen-bond acceptors (Lipinski definition) is 4. The van der Waals surface area contributed by atoms with Crippen molar-refractivity contribution in [2.45, 2.75) is 16.6 Å². The van der Waals surface area contributed by atoms with Gasteiger partial charge in [-0.25, -0.2) is 0 Å². The molecule has 0 saturated heterocycles. The number of hydrazine groups is 1. The molecule has 0 aliphatic heterocycles. The van der Waals surface area contributed by atoms with Crippen molar-refractivity contribution in [2.24, 2.45) is 5.92 Å². The summed E-state index contributed by atoms with van der Waals surface area (Å²) in [4.78, 5) is 25.6. The van der Waals surface area contributed by atoms with Crippen LogP contribution in [0.2, 0.25) is 15.1 Å². The monoisotopic (exact) mass is 625 g/mol. The van der Waals surface area contributed by atoms with Crippen molar-refractivity contribution in [2.75, 3.05) is 10.7 Å². The number of nitrogens with one attached hydrogen (secondary N) is 3. The summed E-state index contributed by atoms with van der Waals surface area (Å²) >= 11 is 31.0. The second kappa shape index (κ2) is 10.9. The molecule has 0 aromatic heterocycles. The molecule has 1 saturated carbocycles. The van der Waals surface area contributed by atoms with Crippen LogP contribution in [0.4, 0.5) is 24.5 Å². The fraction of sp³-hybridized carbons (Fsp3) is 0.167. The van der Waals surface area contributed by atoms with Gasteiger partial charge in [0.15, 0.2) is 0 Å². The standard InChI is InChI=1S/C24H15Cl5F3N3O3/c25-12-7-11(8-13(26)9-12)19-20(23(19,28)29)22(37)33-15-3-6-18(27)17(10-15)21(36)35-34-14-1-4-16(5-2-14)38-24(30,31)32/h1-10,19-20,34H,(H,33,37)(H,35,36)/t19-,20+/m0/s1. The van der Waals surface area contributed by atoms with Gasteiger partial charge in [0.05, 0.1) is 22.2 Å². The summed E-state index contributed by atoms with van der Waals surface area (Å²) in [5, 5.41) is 3.49. The summed E-state index contributed by atoms with van der Waals surface area (Å²) in [5.74, 6) is -2.98. The average molecular weight is 628 g/mol. The average Bonchev–Trinajstić information content (AvgIpc) is 3.40. The van der Waals surface area contributed by atoms with Crippen LogP contribution in [0.1, 0.15) is 21.8 Å². The number of carbonyl (C=O) groups is 2. The molecule has 3 aromatic rings. The molecule has 3 N–H and O–H groups in total. The van der Waals surface area contributed by atoms with E-state index in [0.29, 0.717) is 15.6 Å². The second-order valence-corrected chi connectivity index (χ2v) is 10.9. The largest absolute Gasteiger partial charge is 0.573 e. The Morgan fingerprint density at radius 3 is 2.08 bits per heavy atom. The van der Waals surface area contributed by atoms with Gasteiger partial charge in [0.2, 0.25) is 5.91 Å². The van der Waals surface area contributed by atoms with Crippen LogP contribution in [0.25, 0.3) is 0 Å². The van der Waals surface area contributed by atoms with Crippen LogP contribution in [-0.2, 0) is 4.79 Å². The van der Waals surface area contributed by atoms with Gasteiger partial charge in [0.25, 0.3) is 5.91 Å². The van der Waals surface area contributed by atoms with Gasteiger partial charge >= 0.3 is 6.36 Å². The minimum atomic E-state index is -4.82. The first-order chi connectivity index (χ1) is 17.7. The quantitative estimate of drug-likeness (QED) is 0.184. The number of carbonyl (C=O) groups excluding carboxylic acids is 2. The topological polar surface area (TPSA) is 79.5 Å². The summed E-state index contributed by atoms with van der Waals surface area (Å²) < 4.78 is 39.3. The van der Waals surface area contributed by atoms with Gasteiger partial charge < -0.3 is 10.1 Å². The third-order valence-electron chi connectivity index (χ3n) is 5.47. The van der Waals surface area contributed by atoms with E-state index in [4.69, 9.17) is 58.0 Å². The maximum Gasteiger partial charge on any atom is 0.573 e. The number of hydrogen-bond donors (Lipinski definition) is 3. The molecular formula is C24H15Cl5F3N3O3. The van der Waals surface area contributed by atoms with Crippen LogP contribution >= 0.6 is 58.0 Å². The van der Waals surface area contributed by atoms with E-state index in [2.05, 4.69) is 20.9 Å². The number of anilines is 2. The Balaban J connectivity index is 1.41. The van der Waals surface area contributed by atoms with E-state index >= 15 is 0 Å². The van der Waals surface area contributed by atoms with Crippen LogP contribution in [0, 0.1) is 5.92 Å². The molecule has 2 amide bonds. The fourth-order valence-corrected chi connectivity index (χ4v) is 5.33. The number of halogens is 8. The van der Waals surface area contributed by atoms with Crippen molar-refractivity contribution in [3.63, 3.8) is 0 Å². The van der Waals surface area contributed by atoms with E-state index in [1.807, 2.05) is 0 Å². The van der Waals surface area contributed by atoms with Crippen LogP contribution in [0.5, 0.6) is 5.75 Å². The van der Waals surface area contributed by atoms with Gasteiger partial charge in [0.1, 0.15) is 10.1 Å². The van der Waals surface area contributed by atoms with Crippen molar-refractivity contribution in [3.05, 3.63) is 86.9 Å². The molecule has 0 heterocycles. The Labute approximate surface area is 239 Å². The van der Waals surface area contributed by atoms with Gasteiger partial charge in [-0.1, -0.05) is 34.8 Å². The first kappa shape index (κ1) is 28.4. The van der Waals surface area contributed by atoms with E-state index in [1.165, 1.54) is 30.3 Å². The number of benzene rings is 3. The van der Waals surface area contributed by atoms with Gasteiger partial charge in [-0.3, -0.25) is 20.4 Å². The summed E-state index contributed by atoms with van der Waals surface area (Å²) in [6, 6.07) is 13.7. The highest BCUT2D eigenvalue weighted by atomic mass is 35.5. The first-order valence-electron chi connectivity index (χ1n) is 10.6. The zero-order valence-corrected chi connectivity index (χ0v) is 22.5. The molecule has 0 bridgehead atoms. The molecular weight excluding hydrogens is 613 g/mol. The summed E-state index contributed by atoms with van der Waals surface area (Å²) in [7, 11) is 0. The molecule has 1 aliphatic rings. The van der Waals surface area contributed by atoms with Crippen molar-refractivity contribution in [3.8, 4) is 5.75 Å². The van der Waals surface area contributed by atoms with Gasteiger partial charge in [0, 0.05) is 21.7 Å². The van der Waals surface area contributed by atoms with E-state index < -0.39 is 40.1 Å². The summed E-state index contributed by atoms with van der Waals surface area (Å²) in [6.45, 7) is 0. The third kappa shape index (κ3) is 6.71. The molecule has 0 spiro atoms. The van der Waals surface area contributed by atoms with Crippen LogP contribution in [0.15, 0.2) is 60.7 Å². The highest BCUT2D eigenvalue weighted by Crippen LogP contribution is 2.65. The molecule has 1 fully saturated rings. The third-order valence-corrected chi connectivity index (χ3v) is 7.17. The van der Waals surface area contributed by atoms with Gasteiger partial charge in [-0.15, -0.1) is 36.4 Å². The molecule has 2 atom stereocenters. The zero-order chi connectivity index (χ0) is 27.8. The van der Waals surface area contributed by atoms with E-state index in [1.54, 1.807) is 18.2 Å². The smallest absolute Gasteiger partial charge is 0.406 e. The Morgan fingerprint density at radius 2 is 1.47 bits per heavy atom. The molecule has 38 heavy (non-hydrogen) atoms. The van der Waals surface area contributed by atoms with Gasteiger partial charge in [-0.05, 0) is 66.2 Å². The predicted molar refractivity (Wildman–Crippen MR) is 141 cm³/mol. The van der Waals surface area contributed by atoms with Crippen LogP contribution in [-0.4, -0.2) is 22.5 Å². The van der Waals surface area contributed by atoms with E-state index in [0.717, 1.165) is 12.1 Å². The van der Waals surface area contributed by atoms with E-state index in [9.17, 15) is 22.8 Å². The Bertz CT molecular complexity index is 1370. The van der Waals surface area contributed by atoms with Crippen molar-refractivity contribution < 1.29 is 27.5 Å². The normalized spacial score (nSPS) is 17.9. The molecule has 14 heteroatoms. The van der Waals surface area contributed by atoms with E-state index in [-0.39, 0.29) is 22.0 Å². The minimum Gasteiger partial charge on any atom is -0.406 e. The summed E-state index contributed by atoms with van der Waals surface area (Å²) in [5.41, 5.74) is 6.06. The lowest BCUT2D eigenvalue weighted by Gasteiger charge is -2.13.